The third-order valence-electron chi connectivity index (χ3n) is 4.80. The lowest BCUT2D eigenvalue weighted by atomic mass is 10.1. The van der Waals surface area contributed by atoms with Crippen LogP contribution in [-0.2, 0) is 9.59 Å². The maximum Gasteiger partial charge on any atom is 0.329 e. The van der Waals surface area contributed by atoms with E-state index < -0.39 is 12.1 Å². The number of nitrogens with zero attached hydrogens (tertiary/aromatic N) is 4. The number of hydrogen-bond acceptors (Lipinski definition) is 5. The van der Waals surface area contributed by atoms with Crippen LogP contribution < -0.4 is 15.5 Å². The van der Waals surface area contributed by atoms with Gasteiger partial charge in [0.25, 0.3) is 5.91 Å². The third kappa shape index (κ3) is 3.66. The molecule has 148 valence electrons. The second-order valence-electron chi connectivity index (χ2n) is 6.83. The van der Waals surface area contributed by atoms with Crippen LogP contribution >= 0.6 is 0 Å². The van der Waals surface area contributed by atoms with Gasteiger partial charge in [-0.3, -0.25) is 14.0 Å². The second kappa shape index (κ2) is 7.70. The van der Waals surface area contributed by atoms with Gasteiger partial charge in [0.05, 0.1) is 11.7 Å². The van der Waals surface area contributed by atoms with Crippen LogP contribution in [-0.4, -0.2) is 38.5 Å². The van der Waals surface area contributed by atoms with E-state index in [-0.39, 0.29) is 30.7 Å². The predicted molar refractivity (Wildman–Crippen MR) is 105 cm³/mol. The molecule has 2 atom stereocenters. The molecule has 0 saturated carbocycles. The number of benzene rings is 1. The number of para-hydroxylation sites is 1. The minimum Gasteiger partial charge on any atom is -0.346 e. The fourth-order valence-corrected chi connectivity index (χ4v) is 3.36. The van der Waals surface area contributed by atoms with Crippen molar-refractivity contribution in [2.75, 3.05) is 4.90 Å². The second-order valence-corrected chi connectivity index (χ2v) is 6.83. The van der Waals surface area contributed by atoms with E-state index in [0.29, 0.717) is 17.2 Å². The van der Waals surface area contributed by atoms with Gasteiger partial charge in [0.2, 0.25) is 5.91 Å². The SMILES string of the molecule is C[C@H](NC(=O)CCC1NC(=O)N(c2ccccc2)C1=O)c1nnc2ccccn12. The van der Waals surface area contributed by atoms with Gasteiger partial charge in [-0.2, -0.15) is 0 Å². The van der Waals surface area contributed by atoms with Crippen molar-refractivity contribution in [3.05, 3.63) is 60.6 Å². The summed E-state index contributed by atoms with van der Waals surface area (Å²) in [6.07, 6.45) is 2.14. The molecule has 1 aliphatic heterocycles. The van der Waals surface area contributed by atoms with Gasteiger partial charge in [0.15, 0.2) is 11.5 Å². The minimum atomic E-state index is -0.724. The number of carbonyl (C=O) groups excluding carboxylic acids is 3. The van der Waals surface area contributed by atoms with E-state index in [4.69, 9.17) is 0 Å². The van der Waals surface area contributed by atoms with Gasteiger partial charge in [-0.25, -0.2) is 9.69 Å². The molecule has 2 aromatic heterocycles. The highest BCUT2D eigenvalue weighted by molar-refractivity contribution is 6.21. The molecule has 1 unspecified atom stereocenters. The van der Waals surface area contributed by atoms with E-state index in [9.17, 15) is 14.4 Å². The summed E-state index contributed by atoms with van der Waals surface area (Å²) in [6, 6.07) is 12.7. The van der Waals surface area contributed by atoms with E-state index in [1.54, 1.807) is 24.3 Å². The summed E-state index contributed by atoms with van der Waals surface area (Å²) in [6.45, 7) is 1.82. The van der Waals surface area contributed by atoms with Crippen LogP contribution in [0.3, 0.4) is 0 Å². The number of carbonyl (C=O) groups is 3. The summed E-state index contributed by atoms with van der Waals surface area (Å²) in [5, 5.41) is 13.7. The number of hydrogen-bond donors (Lipinski definition) is 2. The first kappa shape index (κ1) is 18.6. The van der Waals surface area contributed by atoms with E-state index in [1.165, 1.54) is 0 Å². The number of urea groups is 1. The highest BCUT2D eigenvalue weighted by Gasteiger charge is 2.38. The first-order chi connectivity index (χ1) is 14.0. The summed E-state index contributed by atoms with van der Waals surface area (Å²) in [7, 11) is 0. The lowest BCUT2D eigenvalue weighted by Crippen LogP contribution is -2.33. The Hall–Kier alpha value is -3.75. The van der Waals surface area contributed by atoms with Gasteiger partial charge in [-0.1, -0.05) is 24.3 Å². The van der Waals surface area contributed by atoms with Gasteiger partial charge >= 0.3 is 6.03 Å². The Morgan fingerprint density at radius 1 is 1.14 bits per heavy atom. The largest absolute Gasteiger partial charge is 0.346 e. The summed E-state index contributed by atoms with van der Waals surface area (Å²) >= 11 is 0. The van der Waals surface area contributed by atoms with Gasteiger partial charge in [0.1, 0.15) is 6.04 Å². The predicted octanol–water partition coefficient (Wildman–Crippen LogP) is 1.81. The number of amides is 4. The Balaban J connectivity index is 1.35. The number of pyridine rings is 1. The molecule has 0 bridgehead atoms. The molecule has 29 heavy (non-hydrogen) atoms. The minimum absolute atomic E-state index is 0.0976. The Labute approximate surface area is 166 Å². The number of aromatic nitrogens is 3. The number of anilines is 1. The molecule has 0 radical (unpaired) electrons. The molecule has 1 aromatic carbocycles. The van der Waals surface area contributed by atoms with Crippen molar-refractivity contribution in [1.82, 2.24) is 25.2 Å². The first-order valence-electron chi connectivity index (χ1n) is 9.33. The standard InChI is InChI=1S/C20H20N6O3/c1-13(18-24-23-16-9-5-6-12-25(16)18)21-17(27)11-10-15-19(28)26(20(29)22-15)14-7-3-2-4-8-14/h2-9,12-13,15H,10-11H2,1H3,(H,21,27)(H,22,29)/t13-,15?/m0/s1. The van der Waals surface area contributed by atoms with Crippen LogP contribution in [0.1, 0.15) is 31.6 Å². The van der Waals surface area contributed by atoms with Crippen LogP contribution in [0, 0.1) is 0 Å². The molecule has 1 fully saturated rings. The summed E-state index contributed by atoms with van der Waals surface area (Å²) in [5.41, 5.74) is 1.21. The van der Waals surface area contributed by atoms with Crippen molar-refractivity contribution in [3.63, 3.8) is 0 Å². The Bertz CT molecular complexity index is 1060. The average molecular weight is 392 g/mol. The molecule has 1 saturated heterocycles. The van der Waals surface area contributed by atoms with Gasteiger partial charge in [-0.05, 0) is 37.6 Å². The summed E-state index contributed by atoms with van der Waals surface area (Å²) < 4.78 is 1.81. The fourth-order valence-electron chi connectivity index (χ4n) is 3.36. The van der Waals surface area contributed by atoms with E-state index >= 15 is 0 Å². The maximum atomic E-state index is 12.6. The van der Waals surface area contributed by atoms with Gasteiger partial charge in [-0.15, -0.1) is 10.2 Å². The van der Waals surface area contributed by atoms with Crippen molar-refractivity contribution in [3.8, 4) is 0 Å². The normalized spacial score (nSPS) is 17.4. The quantitative estimate of drug-likeness (QED) is 0.622. The molecule has 1 aliphatic rings. The average Bonchev–Trinajstić information content (AvgIpc) is 3.27. The number of nitrogens with one attached hydrogen (secondary N) is 2. The van der Waals surface area contributed by atoms with Crippen molar-refractivity contribution < 1.29 is 14.4 Å². The molecule has 2 N–H and O–H groups in total. The van der Waals surface area contributed by atoms with E-state index in [1.807, 2.05) is 41.8 Å². The molecule has 4 rings (SSSR count). The Morgan fingerprint density at radius 3 is 2.69 bits per heavy atom. The Morgan fingerprint density at radius 2 is 1.90 bits per heavy atom. The molecular weight excluding hydrogens is 372 g/mol. The fraction of sp³-hybridized carbons (Fsp3) is 0.250. The molecule has 0 spiro atoms. The first-order valence-corrected chi connectivity index (χ1v) is 9.33. The molecule has 0 aliphatic carbocycles. The Kier molecular flexibility index (Phi) is 4.94. The monoisotopic (exact) mass is 392 g/mol. The molecule has 4 amide bonds. The number of rotatable bonds is 6. The van der Waals surface area contributed by atoms with Crippen molar-refractivity contribution in [1.29, 1.82) is 0 Å². The van der Waals surface area contributed by atoms with Crippen LogP contribution in [0.4, 0.5) is 10.5 Å². The molecule has 9 nitrogen and oxygen atoms in total. The summed E-state index contributed by atoms with van der Waals surface area (Å²) in [5.74, 6) is 0.0327. The van der Waals surface area contributed by atoms with Crippen LogP contribution in [0.25, 0.3) is 5.65 Å². The number of imide groups is 1. The van der Waals surface area contributed by atoms with Crippen molar-refractivity contribution in [2.45, 2.75) is 31.8 Å². The highest BCUT2D eigenvalue weighted by atomic mass is 16.2. The zero-order valence-electron chi connectivity index (χ0n) is 15.8. The van der Waals surface area contributed by atoms with Crippen molar-refractivity contribution in [2.24, 2.45) is 0 Å². The van der Waals surface area contributed by atoms with E-state index in [2.05, 4.69) is 20.8 Å². The molecular formula is C20H20N6O3. The van der Waals surface area contributed by atoms with Crippen LogP contribution in [0.2, 0.25) is 0 Å². The van der Waals surface area contributed by atoms with Gasteiger partial charge < -0.3 is 10.6 Å². The van der Waals surface area contributed by atoms with Crippen molar-refractivity contribution >= 4 is 29.2 Å². The lowest BCUT2D eigenvalue weighted by Gasteiger charge is -2.14. The molecule has 9 heteroatoms. The smallest absolute Gasteiger partial charge is 0.329 e. The summed E-state index contributed by atoms with van der Waals surface area (Å²) in [4.78, 5) is 38.2. The van der Waals surface area contributed by atoms with E-state index in [0.717, 1.165) is 4.90 Å². The van der Waals surface area contributed by atoms with Gasteiger partial charge in [0, 0.05) is 12.6 Å². The zero-order valence-corrected chi connectivity index (χ0v) is 15.8. The number of fused-ring (bicyclic) bond motifs is 1. The third-order valence-corrected chi connectivity index (χ3v) is 4.80. The van der Waals surface area contributed by atoms with Crippen LogP contribution in [0.15, 0.2) is 54.7 Å². The molecule has 3 aromatic rings. The maximum absolute atomic E-state index is 12.6. The lowest BCUT2D eigenvalue weighted by molar-refractivity contribution is -0.122. The highest BCUT2D eigenvalue weighted by Crippen LogP contribution is 2.21. The topological polar surface area (TPSA) is 109 Å². The zero-order chi connectivity index (χ0) is 20.4. The van der Waals surface area contributed by atoms with Crippen LogP contribution in [0.5, 0.6) is 0 Å². The molecule has 3 heterocycles.